The smallest absolute Gasteiger partial charge is 0.305 e. The molecule has 0 spiro atoms. The summed E-state index contributed by atoms with van der Waals surface area (Å²) in [4.78, 5) is 11.5. The third-order valence-electron chi connectivity index (χ3n) is 4.72. The number of rotatable bonds is 19. The summed E-state index contributed by atoms with van der Waals surface area (Å²) < 4.78 is 34.5. The Kier molecular flexibility index (Phi) is 22.5. The van der Waals surface area contributed by atoms with Crippen molar-refractivity contribution in [1.82, 2.24) is 0 Å². The summed E-state index contributed by atoms with van der Waals surface area (Å²) in [7, 11) is -3.96. The molecular weight excluding hydrogens is 387 g/mol. The van der Waals surface area contributed by atoms with Crippen molar-refractivity contribution < 1.29 is 22.5 Å². The van der Waals surface area contributed by atoms with Crippen LogP contribution in [0.1, 0.15) is 110 Å². The van der Waals surface area contributed by atoms with E-state index >= 15 is 0 Å². The van der Waals surface area contributed by atoms with E-state index < -0.39 is 10.1 Å². The first-order valence-corrected chi connectivity index (χ1v) is 12.5. The molecule has 0 rings (SSSR count). The maximum atomic E-state index is 11.5. The Balaban J connectivity index is 0. The van der Waals surface area contributed by atoms with Crippen molar-refractivity contribution in [3.8, 4) is 0 Å². The van der Waals surface area contributed by atoms with Crippen LogP contribution in [0.5, 0.6) is 0 Å². The molecule has 0 aliphatic rings. The van der Waals surface area contributed by atoms with Gasteiger partial charge in [-0.05, 0) is 18.8 Å². The van der Waals surface area contributed by atoms with Gasteiger partial charge in [-0.3, -0.25) is 9.35 Å². The molecule has 0 atom stereocenters. The van der Waals surface area contributed by atoms with Gasteiger partial charge in [0.2, 0.25) is 0 Å². The maximum Gasteiger partial charge on any atom is 0.305 e. The van der Waals surface area contributed by atoms with Crippen LogP contribution in [-0.4, -0.2) is 60.9 Å². The fourth-order valence-electron chi connectivity index (χ4n) is 3.09. The first-order chi connectivity index (χ1) is 12.8. The molecule has 0 aromatic heterocycles. The topological polar surface area (TPSA) is 80.7 Å². The molecule has 7 heteroatoms. The van der Waals surface area contributed by atoms with E-state index in [0.717, 1.165) is 25.2 Å². The van der Waals surface area contributed by atoms with Gasteiger partial charge in [0.1, 0.15) is 0 Å². The van der Waals surface area contributed by atoms with Gasteiger partial charge in [0.15, 0.2) is 0 Å². The van der Waals surface area contributed by atoms with E-state index in [1.54, 1.807) is 0 Å². The van der Waals surface area contributed by atoms with Crippen molar-refractivity contribution in [3.63, 3.8) is 0 Å². The molecule has 5 nitrogen and oxygen atoms in total. The average molecular weight is 430 g/mol. The zero-order chi connectivity index (χ0) is 20.4. The van der Waals surface area contributed by atoms with E-state index in [1.165, 1.54) is 64.2 Å². The van der Waals surface area contributed by atoms with Crippen LogP contribution in [0.4, 0.5) is 0 Å². The van der Waals surface area contributed by atoms with Gasteiger partial charge < -0.3 is 4.74 Å². The largest absolute Gasteiger partial charge is 0.466 e. The monoisotopic (exact) mass is 429 g/mol. The molecule has 0 fully saturated rings. The molecule has 0 unspecified atom stereocenters. The Bertz CT molecular complexity index is 452. The summed E-state index contributed by atoms with van der Waals surface area (Å²) in [6.45, 7) is 4.64. The number of carbonyl (C=O) groups excluding carboxylic acids is 1. The van der Waals surface area contributed by atoms with E-state index in [1.807, 2.05) is 0 Å². The van der Waals surface area contributed by atoms with Crippen LogP contribution < -0.4 is 0 Å². The van der Waals surface area contributed by atoms with E-state index in [4.69, 9.17) is 9.29 Å². The zero-order valence-electron chi connectivity index (χ0n) is 18.6. The van der Waals surface area contributed by atoms with Gasteiger partial charge in [-0.25, -0.2) is 0 Å². The molecular formula is C21H42NaO5S. The summed E-state index contributed by atoms with van der Waals surface area (Å²) in [5.41, 5.74) is 0. The van der Waals surface area contributed by atoms with Gasteiger partial charge in [-0.15, -0.1) is 0 Å². The van der Waals surface area contributed by atoms with Crippen molar-refractivity contribution in [2.24, 2.45) is 5.92 Å². The number of hydrogen-bond acceptors (Lipinski definition) is 4. The predicted molar refractivity (Wildman–Crippen MR) is 117 cm³/mol. The predicted octanol–water partition coefficient (Wildman–Crippen LogP) is 5.54. The van der Waals surface area contributed by atoms with Crippen LogP contribution in [0.15, 0.2) is 0 Å². The molecule has 28 heavy (non-hydrogen) atoms. The molecule has 0 bridgehead atoms. The zero-order valence-corrected chi connectivity index (χ0v) is 21.4. The molecule has 0 aromatic carbocycles. The molecule has 0 aromatic rings. The van der Waals surface area contributed by atoms with Crippen molar-refractivity contribution in [2.45, 2.75) is 110 Å². The Morgan fingerprint density at radius 1 is 0.786 bits per heavy atom. The van der Waals surface area contributed by atoms with Gasteiger partial charge in [0.25, 0.3) is 10.1 Å². The first-order valence-electron chi connectivity index (χ1n) is 10.9. The van der Waals surface area contributed by atoms with Gasteiger partial charge in [0.05, 0.1) is 12.4 Å². The molecule has 0 saturated carbocycles. The molecule has 0 aliphatic carbocycles. The quantitative estimate of drug-likeness (QED) is 0.126. The van der Waals surface area contributed by atoms with E-state index in [9.17, 15) is 13.2 Å². The third kappa shape index (κ3) is 26.4. The minimum atomic E-state index is -3.96. The fourth-order valence-corrected chi connectivity index (χ4v) is 3.57. The first kappa shape index (κ1) is 30.6. The molecule has 1 N–H and O–H groups in total. The molecule has 0 saturated heterocycles. The van der Waals surface area contributed by atoms with Crippen LogP contribution in [0.3, 0.4) is 0 Å². The Morgan fingerprint density at radius 2 is 1.21 bits per heavy atom. The molecule has 0 heterocycles. The van der Waals surface area contributed by atoms with Gasteiger partial charge in [-0.2, -0.15) is 8.42 Å². The van der Waals surface area contributed by atoms with E-state index in [-0.39, 0.29) is 54.3 Å². The summed E-state index contributed by atoms with van der Waals surface area (Å²) in [6.07, 6.45) is 17.0. The SMILES string of the molecule is CC(C)CCCCCCCCCCCCCCC(=O)OCCCS(=O)(=O)O.[Na]. The Morgan fingerprint density at radius 3 is 1.64 bits per heavy atom. The number of carbonyl (C=O) groups is 1. The van der Waals surface area contributed by atoms with Gasteiger partial charge >= 0.3 is 5.97 Å². The summed E-state index contributed by atoms with van der Waals surface area (Å²) in [6, 6.07) is 0. The molecule has 1 radical (unpaired) electrons. The minimum absolute atomic E-state index is 0. The maximum absolute atomic E-state index is 11.5. The van der Waals surface area contributed by atoms with Crippen molar-refractivity contribution in [1.29, 1.82) is 0 Å². The van der Waals surface area contributed by atoms with Crippen LogP contribution in [0.2, 0.25) is 0 Å². The molecule has 0 aliphatic heterocycles. The standard InChI is InChI=1S/C21H42O5S.Na/c1-20(2)16-13-11-9-7-5-3-4-6-8-10-12-14-17-21(22)26-18-15-19-27(23,24)25;/h20H,3-19H2,1-2H3,(H,23,24,25);. The summed E-state index contributed by atoms with van der Waals surface area (Å²) in [5.74, 6) is 0.200. The van der Waals surface area contributed by atoms with Crippen molar-refractivity contribution in [2.75, 3.05) is 12.4 Å². The summed E-state index contributed by atoms with van der Waals surface area (Å²) in [5, 5.41) is 0. The number of hydrogen-bond donors (Lipinski definition) is 1. The minimum Gasteiger partial charge on any atom is -0.466 e. The van der Waals surface area contributed by atoms with Crippen molar-refractivity contribution >= 4 is 45.6 Å². The number of unbranched alkanes of at least 4 members (excludes halogenated alkanes) is 11. The van der Waals surface area contributed by atoms with Crippen LogP contribution in [0.25, 0.3) is 0 Å². The Hall–Kier alpha value is 0.380. The second-order valence-electron chi connectivity index (χ2n) is 8.04. The van der Waals surface area contributed by atoms with Crippen LogP contribution >= 0.6 is 0 Å². The fraction of sp³-hybridized carbons (Fsp3) is 0.952. The molecule has 163 valence electrons. The summed E-state index contributed by atoms with van der Waals surface area (Å²) >= 11 is 0. The number of ether oxygens (including phenoxy) is 1. The average Bonchev–Trinajstić information content (AvgIpc) is 2.58. The number of esters is 1. The van der Waals surface area contributed by atoms with E-state index in [0.29, 0.717) is 6.42 Å². The van der Waals surface area contributed by atoms with Gasteiger partial charge in [0, 0.05) is 36.0 Å². The van der Waals surface area contributed by atoms with Crippen molar-refractivity contribution in [3.05, 3.63) is 0 Å². The van der Waals surface area contributed by atoms with Crippen LogP contribution in [0, 0.1) is 5.92 Å². The third-order valence-corrected chi connectivity index (χ3v) is 5.53. The van der Waals surface area contributed by atoms with Gasteiger partial charge in [-0.1, -0.05) is 90.9 Å². The Labute approximate surface area is 195 Å². The second-order valence-corrected chi connectivity index (χ2v) is 9.61. The normalized spacial score (nSPS) is 11.4. The van der Waals surface area contributed by atoms with Crippen LogP contribution in [-0.2, 0) is 19.6 Å². The van der Waals surface area contributed by atoms with E-state index in [2.05, 4.69) is 13.8 Å². The second kappa shape index (κ2) is 20.6. The molecule has 0 amide bonds.